The Bertz CT molecular complexity index is 1760. The van der Waals surface area contributed by atoms with Crippen molar-refractivity contribution in [2.45, 2.75) is 26.5 Å². The largest absolute Gasteiger partial charge is 0.488 e. The standard InChI is InChI=1S/C30H24BrFN2O4S/c1-3-37-29(36)26-18(2)33-30-34(27(26)19-9-5-4-6-10-19)28(35)25(39-30)16-21-15-22(31)13-14-24(21)38-17-20-11-7-8-12-23(20)32/h4-16,27H,3,17H2,1-2H3/t27-/m1/s1. The quantitative estimate of drug-likeness (QED) is 0.268. The van der Waals surface area contributed by atoms with Crippen LogP contribution >= 0.6 is 27.3 Å². The Morgan fingerprint density at radius 2 is 1.87 bits per heavy atom. The molecule has 1 aliphatic heterocycles. The monoisotopic (exact) mass is 606 g/mol. The minimum absolute atomic E-state index is 0.0342. The van der Waals surface area contributed by atoms with E-state index in [4.69, 9.17) is 9.47 Å². The minimum atomic E-state index is -0.678. The van der Waals surface area contributed by atoms with E-state index in [2.05, 4.69) is 20.9 Å². The molecular weight excluding hydrogens is 583 g/mol. The number of benzene rings is 3. The molecule has 4 aromatic rings. The summed E-state index contributed by atoms with van der Waals surface area (Å²) in [6.45, 7) is 3.74. The summed E-state index contributed by atoms with van der Waals surface area (Å²) in [7, 11) is 0. The molecule has 5 rings (SSSR count). The zero-order valence-corrected chi connectivity index (χ0v) is 23.6. The number of aromatic nitrogens is 1. The highest BCUT2D eigenvalue weighted by Gasteiger charge is 2.33. The van der Waals surface area contributed by atoms with Crippen LogP contribution in [0, 0.1) is 5.82 Å². The molecule has 0 unspecified atom stereocenters. The molecule has 0 bridgehead atoms. The van der Waals surface area contributed by atoms with Crippen molar-refractivity contribution in [1.82, 2.24) is 4.57 Å². The van der Waals surface area contributed by atoms with Gasteiger partial charge in [0.25, 0.3) is 5.56 Å². The average Bonchev–Trinajstić information content (AvgIpc) is 3.23. The zero-order valence-electron chi connectivity index (χ0n) is 21.2. The fraction of sp³-hybridized carbons (Fsp3) is 0.167. The van der Waals surface area contributed by atoms with Crippen LogP contribution in [-0.4, -0.2) is 17.1 Å². The van der Waals surface area contributed by atoms with Crippen LogP contribution in [0.2, 0.25) is 0 Å². The number of thiazole rings is 1. The fourth-order valence-corrected chi connectivity index (χ4v) is 5.83. The first-order valence-electron chi connectivity index (χ1n) is 12.3. The molecule has 0 saturated carbocycles. The van der Waals surface area contributed by atoms with E-state index in [1.54, 1.807) is 48.8 Å². The number of hydrogen-bond donors (Lipinski definition) is 0. The third-order valence-corrected chi connectivity index (χ3v) is 7.71. The van der Waals surface area contributed by atoms with Crippen molar-refractivity contribution < 1.29 is 18.7 Å². The summed E-state index contributed by atoms with van der Waals surface area (Å²) in [5.41, 5.74) is 2.39. The van der Waals surface area contributed by atoms with Gasteiger partial charge in [0.2, 0.25) is 0 Å². The van der Waals surface area contributed by atoms with Crippen LogP contribution in [0.25, 0.3) is 6.08 Å². The highest BCUT2D eigenvalue weighted by atomic mass is 79.9. The molecule has 39 heavy (non-hydrogen) atoms. The second kappa shape index (κ2) is 11.5. The number of carbonyl (C=O) groups is 1. The molecule has 2 heterocycles. The molecular formula is C30H24BrFN2O4S. The molecule has 0 fully saturated rings. The van der Waals surface area contributed by atoms with Crippen LogP contribution in [0.1, 0.15) is 36.6 Å². The van der Waals surface area contributed by atoms with Gasteiger partial charge in [-0.15, -0.1) is 0 Å². The van der Waals surface area contributed by atoms with Gasteiger partial charge in [0.1, 0.15) is 18.2 Å². The number of hydrogen-bond acceptors (Lipinski definition) is 6. The van der Waals surface area contributed by atoms with Crippen molar-refractivity contribution in [3.63, 3.8) is 0 Å². The maximum absolute atomic E-state index is 14.1. The van der Waals surface area contributed by atoms with Crippen LogP contribution in [0.4, 0.5) is 4.39 Å². The van der Waals surface area contributed by atoms with E-state index in [-0.39, 0.29) is 24.6 Å². The van der Waals surface area contributed by atoms with Gasteiger partial charge in [-0.2, -0.15) is 0 Å². The second-order valence-electron chi connectivity index (χ2n) is 8.78. The van der Waals surface area contributed by atoms with E-state index < -0.39 is 12.0 Å². The molecule has 1 aliphatic rings. The molecule has 0 amide bonds. The van der Waals surface area contributed by atoms with Crippen LogP contribution < -0.4 is 19.6 Å². The number of carbonyl (C=O) groups excluding carboxylic acids is 1. The Morgan fingerprint density at radius 3 is 2.62 bits per heavy atom. The number of esters is 1. The van der Waals surface area contributed by atoms with Crippen LogP contribution in [-0.2, 0) is 16.1 Å². The van der Waals surface area contributed by atoms with Crippen LogP contribution in [0.5, 0.6) is 5.75 Å². The number of halogens is 2. The van der Waals surface area contributed by atoms with Gasteiger partial charge in [0.15, 0.2) is 4.80 Å². The summed E-state index contributed by atoms with van der Waals surface area (Å²) in [4.78, 5) is 32.0. The third kappa shape index (κ3) is 5.51. The van der Waals surface area contributed by atoms with Gasteiger partial charge in [-0.05, 0) is 49.8 Å². The molecule has 0 aliphatic carbocycles. The molecule has 6 nitrogen and oxygen atoms in total. The number of rotatable bonds is 7. The summed E-state index contributed by atoms with van der Waals surface area (Å²) in [5.74, 6) is -0.355. The summed E-state index contributed by atoms with van der Waals surface area (Å²) in [5, 5.41) is 0. The minimum Gasteiger partial charge on any atom is -0.488 e. The number of ether oxygens (including phenoxy) is 2. The lowest BCUT2D eigenvalue weighted by Crippen LogP contribution is -2.39. The van der Waals surface area contributed by atoms with Crippen molar-refractivity contribution in [1.29, 1.82) is 0 Å². The lowest BCUT2D eigenvalue weighted by Gasteiger charge is -2.24. The van der Waals surface area contributed by atoms with Gasteiger partial charge < -0.3 is 9.47 Å². The Hall–Kier alpha value is -3.82. The Labute approximate surface area is 236 Å². The molecule has 0 spiro atoms. The SMILES string of the molecule is CCOC(=O)C1=C(C)N=c2sc(=Cc3cc(Br)ccc3OCc3ccccc3F)c(=O)n2[C@@H]1c1ccccc1. The van der Waals surface area contributed by atoms with Crippen molar-refractivity contribution in [3.05, 3.63) is 131 Å². The average molecular weight is 608 g/mol. The van der Waals surface area contributed by atoms with E-state index in [1.807, 2.05) is 42.5 Å². The van der Waals surface area contributed by atoms with Crippen molar-refractivity contribution in [3.8, 4) is 5.75 Å². The van der Waals surface area contributed by atoms with E-state index in [9.17, 15) is 14.0 Å². The molecule has 0 saturated heterocycles. The number of fused-ring (bicyclic) bond motifs is 1. The normalized spacial score (nSPS) is 15.1. The molecule has 1 aromatic heterocycles. The van der Waals surface area contributed by atoms with Gasteiger partial charge in [-0.3, -0.25) is 9.36 Å². The molecule has 0 N–H and O–H groups in total. The molecule has 198 valence electrons. The molecule has 0 radical (unpaired) electrons. The van der Waals surface area contributed by atoms with E-state index in [1.165, 1.54) is 17.4 Å². The number of nitrogens with zero attached hydrogens (tertiary/aromatic N) is 2. The first-order chi connectivity index (χ1) is 18.9. The van der Waals surface area contributed by atoms with E-state index >= 15 is 0 Å². The smallest absolute Gasteiger partial charge is 0.338 e. The van der Waals surface area contributed by atoms with Crippen molar-refractivity contribution in [2.24, 2.45) is 4.99 Å². The Balaban J connectivity index is 1.62. The zero-order chi connectivity index (χ0) is 27.5. The summed E-state index contributed by atoms with van der Waals surface area (Å²) >= 11 is 4.72. The summed E-state index contributed by atoms with van der Waals surface area (Å²) in [6, 6.07) is 20.5. The van der Waals surface area contributed by atoms with Gasteiger partial charge >= 0.3 is 5.97 Å². The van der Waals surface area contributed by atoms with Crippen molar-refractivity contribution >= 4 is 39.3 Å². The lowest BCUT2D eigenvalue weighted by molar-refractivity contribution is -0.139. The fourth-order valence-electron chi connectivity index (χ4n) is 4.42. The highest BCUT2D eigenvalue weighted by Crippen LogP contribution is 2.31. The molecule has 1 atom stereocenters. The first-order valence-corrected chi connectivity index (χ1v) is 13.9. The van der Waals surface area contributed by atoms with Crippen LogP contribution in [0.3, 0.4) is 0 Å². The maximum Gasteiger partial charge on any atom is 0.338 e. The first kappa shape index (κ1) is 26.8. The van der Waals surface area contributed by atoms with Crippen LogP contribution in [0.15, 0.2) is 98.3 Å². The predicted octanol–water partition coefficient (Wildman–Crippen LogP) is 5.28. The molecule has 3 aromatic carbocycles. The Morgan fingerprint density at radius 1 is 1.13 bits per heavy atom. The second-order valence-corrected chi connectivity index (χ2v) is 10.7. The topological polar surface area (TPSA) is 69.9 Å². The predicted molar refractivity (Wildman–Crippen MR) is 152 cm³/mol. The van der Waals surface area contributed by atoms with E-state index in [0.29, 0.717) is 37.5 Å². The van der Waals surface area contributed by atoms with Gasteiger partial charge in [0, 0.05) is 15.6 Å². The third-order valence-electron chi connectivity index (χ3n) is 6.23. The summed E-state index contributed by atoms with van der Waals surface area (Å²) in [6.07, 6.45) is 1.73. The lowest BCUT2D eigenvalue weighted by atomic mass is 9.96. The highest BCUT2D eigenvalue weighted by molar-refractivity contribution is 9.10. The van der Waals surface area contributed by atoms with Gasteiger partial charge in [0.05, 0.1) is 28.5 Å². The molecule has 9 heteroatoms. The van der Waals surface area contributed by atoms with Gasteiger partial charge in [-0.25, -0.2) is 14.2 Å². The summed E-state index contributed by atoms with van der Waals surface area (Å²) < 4.78 is 28.2. The van der Waals surface area contributed by atoms with Gasteiger partial charge in [-0.1, -0.05) is 75.8 Å². The Kier molecular flexibility index (Phi) is 7.90. The van der Waals surface area contributed by atoms with Crippen molar-refractivity contribution in [2.75, 3.05) is 6.61 Å². The van der Waals surface area contributed by atoms with E-state index in [0.717, 1.165) is 10.0 Å². The maximum atomic E-state index is 14.1. The number of allylic oxidation sites excluding steroid dienone is 1.